The van der Waals surface area contributed by atoms with Crippen molar-refractivity contribution in [3.05, 3.63) is 34.9 Å². The van der Waals surface area contributed by atoms with E-state index < -0.39 is 0 Å². The lowest BCUT2D eigenvalue weighted by Crippen LogP contribution is -2.42. The van der Waals surface area contributed by atoms with Crippen LogP contribution in [0.3, 0.4) is 0 Å². The summed E-state index contributed by atoms with van der Waals surface area (Å²) in [6, 6.07) is 6.55. The van der Waals surface area contributed by atoms with E-state index in [9.17, 15) is 4.79 Å². The Morgan fingerprint density at radius 3 is 2.55 bits per heavy atom. The molecule has 0 aliphatic carbocycles. The van der Waals surface area contributed by atoms with Crippen molar-refractivity contribution in [1.29, 1.82) is 0 Å². The van der Waals surface area contributed by atoms with Crippen molar-refractivity contribution in [2.75, 3.05) is 20.1 Å². The van der Waals surface area contributed by atoms with Crippen LogP contribution in [0.5, 0.6) is 0 Å². The Kier molecular flexibility index (Phi) is 4.81. The summed E-state index contributed by atoms with van der Waals surface area (Å²) in [4.78, 5) is 14.6. The third-order valence-corrected chi connectivity index (χ3v) is 4.10. The zero-order chi connectivity index (χ0) is 14.7. The van der Waals surface area contributed by atoms with Gasteiger partial charge in [0.25, 0.3) is 0 Å². The number of hydrogen-bond donors (Lipinski definition) is 1. The third-order valence-electron chi connectivity index (χ3n) is 4.10. The Bertz CT molecular complexity index is 464. The molecule has 110 valence electrons. The fourth-order valence-corrected chi connectivity index (χ4v) is 3.05. The molecule has 1 aromatic carbocycles. The summed E-state index contributed by atoms with van der Waals surface area (Å²) in [6.07, 6.45) is 2.13. The number of hydrogen-bond acceptors (Lipinski definition) is 2. The number of benzene rings is 1. The van der Waals surface area contributed by atoms with Gasteiger partial charge in [-0.25, -0.2) is 0 Å². The number of amides is 1. The highest BCUT2D eigenvalue weighted by molar-refractivity contribution is 5.79. The first-order valence-corrected chi connectivity index (χ1v) is 7.53. The summed E-state index contributed by atoms with van der Waals surface area (Å²) in [5.74, 6) is 0.338. The highest BCUT2D eigenvalue weighted by atomic mass is 16.2. The molecule has 2 rings (SSSR count). The van der Waals surface area contributed by atoms with E-state index >= 15 is 0 Å². The lowest BCUT2D eigenvalue weighted by Gasteiger charge is -2.29. The van der Waals surface area contributed by atoms with E-state index in [-0.39, 0.29) is 17.9 Å². The van der Waals surface area contributed by atoms with Gasteiger partial charge in [-0.2, -0.15) is 0 Å². The maximum Gasteiger partial charge on any atom is 0.224 e. The van der Waals surface area contributed by atoms with Crippen molar-refractivity contribution in [2.24, 2.45) is 5.92 Å². The molecule has 0 aromatic heterocycles. The molecule has 3 nitrogen and oxygen atoms in total. The zero-order valence-corrected chi connectivity index (χ0v) is 13.1. The van der Waals surface area contributed by atoms with Crippen molar-refractivity contribution in [3.8, 4) is 0 Å². The summed E-state index contributed by atoms with van der Waals surface area (Å²) in [7, 11) is 2.09. The molecule has 0 spiro atoms. The molecule has 0 bridgehead atoms. The van der Waals surface area contributed by atoms with E-state index in [0.29, 0.717) is 0 Å². The summed E-state index contributed by atoms with van der Waals surface area (Å²) in [5.41, 5.74) is 3.69. The van der Waals surface area contributed by atoms with Crippen LogP contribution in [-0.2, 0) is 4.79 Å². The number of aryl methyl sites for hydroxylation is 2. The van der Waals surface area contributed by atoms with Crippen molar-refractivity contribution in [2.45, 2.75) is 39.7 Å². The van der Waals surface area contributed by atoms with Crippen molar-refractivity contribution in [3.63, 3.8) is 0 Å². The number of piperidine rings is 1. The van der Waals surface area contributed by atoms with Crippen LogP contribution in [0, 0.1) is 19.8 Å². The van der Waals surface area contributed by atoms with Gasteiger partial charge >= 0.3 is 0 Å². The average molecular weight is 274 g/mol. The third kappa shape index (κ3) is 3.83. The number of nitrogens with one attached hydrogen (secondary N) is 1. The van der Waals surface area contributed by atoms with Gasteiger partial charge in [0.2, 0.25) is 5.91 Å². The Hall–Kier alpha value is -1.35. The molecule has 1 aromatic rings. The first kappa shape index (κ1) is 15.0. The Morgan fingerprint density at radius 1 is 1.30 bits per heavy atom. The largest absolute Gasteiger partial charge is 0.349 e. The Balaban J connectivity index is 1.99. The lowest BCUT2D eigenvalue weighted by molar-refractivity contribution is -0.127. The van der Waals surface area contributed by atoms with Gasteiger partial charge in [0.1, 0.15) is 0 Å². The van der Waals surface area contributed by atoms with Crippen LogP contribution in [0.15, 0.2) is 18.2 Å². The predicted molar refractivity (Wildman–Crippen MR) is 82.7 cm³/mol. The number of rotatable bonds is 3. The van der Waals surface area contributed by atoms with Crippen LogP contribution in [0.2, 0.25) is 0 Å². The van der Waals surface area contributed by atoms with E-state index in [2.05, 4.69) is 56.2 Å². The minimum atomic E-state index is 0.0772. The molecule has 1 saturated heterocycles. The normalized spacial score (nSPS) is 21.5. The molecule has 0 radical (unpaired) electrons. The number of carbonyl (C=O) groups is 1. The van der Waals surface area contributed by atoms with Crippen LogP contribution in [-0.4, -0.2) is 30.9 Å². The van der Waals surface area contributed by atoms with Gasteiger partial charge in [0.05, 0.1) is 12.0 Å². The molecule has 1 aliphatic rings. The second-order valence-corrected chi connectivity index (χ2v) is 6.25. The summed E-state index contributed by atoms with van der Waals surface area (Å²) in [5, 5.41) is 3.18. The summed E-state index contributed by atoms with van der Waals surface area (Å²) >= 11 is 0. The molecular weight excluding hydrogens is 248 g/mol. The van der Waals surface area contributed by atoms with Crippen LogP contribution in [0.1, 0.15) is 42.5 Å². The molecule has 2 atom stereocenters. The van der Waals surface area contributed by atoms with Gasteiger partial charge < -0.3 is 10.2 Å². The first-order chi connectivity index (χ1) is 9.45. The Morgan fingerprint density at radius 2 is 1.95 bits per heavy atom. The lowest BCUT2D eigenvalue weighted by atomic mass is 9.96. The smallest absolute Gasteiger partial charge is 0.224 e. The van der Waals surface area contributed by atoms with Crippen LogP contribution >= 0.6 is 0 Å². The van der Waals surface area contributed by atoms with E-state index in [4.69, 9.17) is 0 Å². The molecule has 3 heteroatoms. The number of carbonyl (C=O) groups excluding carboxylic acids is 1. The van der Waals surface area contributed by atoms with Crippen molar-refractivity contribution in [1.82, 2.24) is 10.2 Å². The van der Waals surface area contributed by atoms with Gasteiger partial charge in [0, 0.05) is 6.54 Å². The molecule has 0 saturated carbocycles. The van der Waals surface area contributed by atoms with Gasteiger partial charge in [-0.3, -0.25) is 4.79 Å². The summed E-state index contributed by atoms with van der Waals surface area (Å²) < 4.78 is 0. The molecular formula is C17H26N2O. The van der Waals surface area contributed by atoms with E-state index in [1.807, 2.05) is 0 Å². The van der Waals surface area contributed by atoms with E-state index in [0.717, 1.165) is 25.9 Å². The van der Waals surface area contributed by atoms with Crippen molar-refractivity contribution >= 4 is 5.91 Å². The monoisotopic (exact) mass is 274 g/mol. The van der Waals surface area contributed by atoms with E-state index in [1.54, 1.807) is 0 Å². The molecule has 1 N–H and O–H groups in total. The highest BCUT2D eigenvalue weighted by Gasteiger charge is 2.25. The topological polar surface area (TPSA) is 32.3 Å². The van der Waals surface area contributed by atoms with Gasteiger partial charge in [-0.1, -0.05) is 29.3 Å². The second kappa shape index (κ2) is 6.40. The number of likely N-dealkylation sites (tertiary alicyclic amines) is 1. The van der Waals surface area contributed by atoms with E-state index in [1.165, 1.54) is 16.7 Å². The average Bonchev–Trinajstić information content (AvgIpc) is 2.37. The fraction of sp³-hybridized carbons (Fsp3) is 0.588. The SMILES string of the molecule is Cc1cc(C)cc(C(C)NC(=O)C2CCCN(C)C2)c1. The summed E-state index contributed by atoms with van der Waals surface area (Å²) in [6.45, 7) is 8.25. The fourth-order valence-electron chi connectivity index (χ4n) is 3.05. The van der Waals surface area contributed by atoms with Crippen LogP contribution in [0.4, 0.5) is 0 Å². The van der Waals surface area contributed by atoms with Gasteiger partial charge in [0.15, 0.2) is 0 Å². The second-order valence-electron chi connectivity index (χ2n) is 6.25. The first-order valence-electron chi connectivity index (χ1n) is 7.53. The molecule has 20 heavy (non-hydrogen) atoms. The molecule has 2 unspecified atom stereocenters. The van der Waals surface area contributed by atoms with Crippen LogP contribution < -0.4 is 5.32 Å². The maximum absolute atomic E-state index is 12.4. The quantitative estimate of drug-likeness (QED) is 0.919. The molecule has 1 fully saturated rings. The molecule has 1 aliphatic heterocycles. The molecule has 1 heterocycles. The standard InChI is InChI=1S/C17H26N2O/c1-12-8-13(2)10-16(9-12)14(3)18-17(20)15-6-5-7-19(4)11-15/h8-10,14-15H,5-7,11H2,1-4H3,(H,18,20). The minimum absolute atomic E-state index is 0.0772. The molecule has 1 amide bonds. The van der Waals surface area contributed by atoms with Crippen LogP contribution in [0.25, 0.3) is 0 Å². The van der Waals surface area contributed by atoms with Gasteiger partial charge in [-0.05, 0) is 52.8 Å². The Labute approximate surface area is 122 Å². The van der Waals surface area contributed by atoms with Gasteiger partial charge in [-0.15, -0.1) is 0 Å². The van der Waals surface area contributed by atoms with Crippen molar-refractivity contribution < 1.29 is 4.79 Å². The highest BCUT2D eigenvalue weighted by Crippen LogP contribution is 2.19. The predicted octanol–water partition coefficient (Wildman–Crippen LogP) is 2.82. The zero-order valence-electron chi connectivity index (χ0n) is 13.1. The number of nitrogens with zero attached hydrogens (tertiary/aromatic N) is 1. The minimum Gasteiger partial charge on any atom is -0.349 e. The maximum atomic E-state index is 12.4.